The lowest BCUT2D eigenvalue weighted by Crippen LogP contribution is -2.59. The molecule has 0 bridgehead atoms. The fraction of sp³-hybridized carbons (Fsp3) is 0.381. The van der Waals surface area contributed by atoms with Gasteiger partial charge < -0.3 is 14.5 Å². The zero-order chi connectivity index (χ0) is 22.9. The van der Waals surface area contributed by atoms with Crippen LogP contribution in [0.1, 0.15) is 0 Å². The van der Waals surface area contributed by atoms with Crippen LogP contribution < -0.4 is 9.64 Å². The highest BCUT2D eigenvalue weighted by molar-refractivity contribution is 7.89. The minimum atomic E-state index is -5.01. The number of nitrogens with zero attached hydrogens (tertiary/aromatic N) is 3. The smallest absolute Gasteiger partial charge is 0.404 e. The number of benzene rings is 2. The summed E-state index contributed by atoms with van der Waals surface area (Å²) in [6.45, 7) is 2.26. The average molecular weight is 469 g/mol. The number of alkyl halides is 3. The molecule has 2 aliphatic heterocycles. The molecular formula is C21H22F3N3O4S. The van der Waals surface area contributed by atoms with Crippen LogP contribution in [0.4, 0.5) is 18.9 Å². The first kappa shape index (κ1) is 22.4. The van der Waals surface area contributed by atoms with Gasteiger partial charge in [-0.2, -0.15) is 4.31 Å². The Bertz CT molecular complexity index is 1070. The molecule has 0 unspecified atom stereocenters. The molecule has 2 fully saturated rings. The van der Waals surface area contributed by atoms with Crippen LogP contribution in [0.25, 0.3) is 0 Å². The van der Waals surface area contributed by atoms with Crippen LogP contribution in [0.3, 0.4) is 0 Å². The molecule has 0 spiro atoms. The first-order chi connectivity index (χ1) is 15.1. The third kappa shape index (κ3) is 4.68. The molecule has 0 saturated carbocycles. The highest BCUT2D eigenvalue weighted by Gasteiger charge is 2.44. The third-order valence-corrected chi connectivity index (χ3v) is 7.47. The van der Waals surface area contributed by atoms with Gasteiger partial charge in [0.1, 0.15) is 10.6 Å². The molecule has 2 heterocycles. The minimum absolute atomic E-state index is 0.0690. The van der Waals surface area contributed by atoms with E-state index in [1.165, 1.54) is 12.1 Å². The summed E-state index contributed by atoms with van der Waals surface area (Å²) in [5, 5.41) is 0. The summed E-state index contributed by atoms with van der Waals surface area (Å²) in [4.78, 5) is 16.1. The van der Waals surface area contributed by atoms with Gasteiger partial charge in [-0.3, -0.25) is 4.79 Å². The van der Waals surface area contributed by atoms with Gasteiger partial charge in [0, 0.05) is 45.0 Å². The number of rotatable bonds is 5. The van der Waals surface area contributed by atoms with Crippen LogP contribution >= 0.6 is 0 Å². The largest absolute Gasteiger partial charge is 0.573 e. The van der Waals surface area contributed by atoms with Crippen LogP contribution in [-0.4, -0.2) is 69.2 Å². The third-order valence-electron chi connectivity index (χ3n) is 5.60. The Kier molecular flexibility index (Phi) is 6.04. The Morgan fingerprint density at radius 2 is 1.50 bits per heavy atom. The Labute approximate surface area is 184 Å². The van der Waals surface area contributed by atoms with Gasteiger partial charge in [-0.15, -0.1) is 13.2 Å². The van der Waals surface area contributed by atoms with Crippen LogP contribution in [0.2, 0.25) is 0 Å². The first-order valence-electron chi connectivity index (χ1n) is 10.1. The molecular weight excluding hydrogens is 447 g/mol. The number of hydrogen-bond acceptors (Lipinski definition) is 5. The van der Waals surface area contributed by atoms with Crippen molar-refractivity contribution in [2.24, 2.45) is 5.92 Å². The van der Waals surface area contributed by atoms with Gasteiger partial charge in [-0.05, 0) is 24.3 Å². The van der Waals surface area contributed by atoms with Crippen molar-refractivity contribution in [1.82, 2.24) is 9.21 Å². The summed E-state index contributed by atoms with van der Waals surface area (Å²) in [6.07, 6.45) is -5.01. The monoisotopic (exact) mass is 469 g/mol. The molecule has 4 rings (SSSR count). The van der Waals surface area contributed by atoms with Crippen LogP contribution in [0.5, 0.6) is 5.75 Å². The summed E-state index contributed by atoms with van der Waals surface area (Å²) in [5.41, 5.74) is 1.08. The van der Waals surface area contributed by atoms with E-state index in [4.69, 9.17) is 0 Å². The van der Waals surface area contributed by atoms with E-state index in [9.17, 15) is 26.4 Å². The second kappa shape index (κ2) is 8.62. The van der Waals surface area contributed by atoms with Gasteiger partial charge in [-0.1, -0.05) is 30.3 Å². The molecule has 7 nitrogen and oxygen atoms in total. The van der Waals surface area contributed by atoms with Crippen molar-refractivity contribution in [2.45, 2.75) is 11.3 Å². The van der Waals surface area contributed by atoms with Crippen LogP contribution in [-0.2, 0) is 14.8 Å². The molecule has 0 radical (unpaired) electrons. The highest BCUT2D eigenvalue weighted by Crippen LogP contribution is 2.34. The van der Waals surface area contributed by atoms with E-state index < -0.39 is 32.9 Å². The van der Waals surface area contributed by atoms with E-state index in [0.717, 1.165) is 22.1 Å². The van der Waals surface area contributed by atoms with Gasteiger partial charge in [0.25, 0.3) is 0 Å². The molecule has 172 valence electrons. The van der Waals surface area contributed by atoms with Gasteiger partial charge >= 0.3 is 6.36 Å². The molecule has 1 amide bonds. The molecule has 2 aromatic carbocycles. The van der Waals surface area contributed by atoms with E-state index in [2.05, 4.69) is 9.64 Å². The molecule has 2 saturated heterocycles. The van der Waals surface area contributed by atoms with Gasteiger partial charge in [0.2, 0.25) is 15.9 Å². The van der Waals surface area contributed by atoms with Gasteiger partial charge in [0.05, 0.1) is 5.92 Å². The zero-order valence-corrected chi connectivity index (χ0v) is 17.8. The molecule has 0 aliphatic carbocycles. The summed E-state index contributed by atoms with van der Waals surface area (Å²) in [7, 11) is -4.22. The number of anilines is 1. The predicted octanol–water partition coefficient (Wildman–Crippen LogP) is 2.55. The molecule has 0 N–H and O–H groups in total. The second-order valence-electron chi connectivity index (χ2n) is 7.66. The Morgan fingerprint density at radius 3 is 2.12 bits per heavy atom. The second-order valence-corrected chi connectivity index (χ2v) is 9.57. The Hall–Kier alpha value is -2.79. The molecule has 11 heteroatoms. The van der Waals surface area contributed by atoms with Crippen LogP contribution in [0, 0.1) is 5.92 Å². The van der Waals surface area contributed by atoms with Gasteiger partial charge in [0.15, 0.2) is 0 Å². The number of sulfonamides is 1. The van der Waals surface area contributed by atoms with Crippen molar-refractivity contribution in [3.63, 3.8) is 0 Å². The SMILES string of the molecule is O=C(C1CN(S(=O)(=O)c2ccccc2OC(F)(F)F)C1)N1CCN(c2ccccc2)CC1. The summed E-state index contributed by atoms with van der Waals surface area (Å²) >= 11 is 0. The number of para-hydroxylation sites is 2. The van der Waals surface area contributed by atoms with E-state index >= 15 is 0 Å². The lowest BCUT2D eigenvalue weighted by molar-refractivity contribution is -0.275. The van der Waals surface area contributed by atoms with Crippen LogP contribution in [0.15, 0.2) is 59.5 Å². The number of carbonyl (C=O) groups excluding carboxylic acids is 1. The lowest BCUT2D eigenvalue weighted by Gasteiger charge is -2.42. The maximum absolute atomic E-state index is 12.8. The molecule has 0 aromatic heterocycles. The van der Waals surface area contributed by atoms with Crippen molar-refractivity contribution >= 4 is 21.6 Å². The predicted molar refractivity (Wildman–Crippen MR) is 111 cm³/mol. The lowest BCUT2D eigenvalue weighted by atomic mass is 10.0. The van der Waals surface area contributed by atoms with E-state index in [0.29, 0.717) is 26.2 Å². The normalized spacial score (nSPS) is 18.3. The van der Waals surface area contributed by atoms with E-state index in [1.807, 2.05) is 30.3 Å². The van der Waals surface area contributed by atoms with Crippen molar-refractivity contribution in [3.05, 3.63) is 54.6 Å². The van der Waals surface area contributed by atoms with Crippen molar-refractivity contribution in [3.8, 4) is 5.75 Å². The van der Waals surface area contributed by atoms with Crippen molar-refractivity contribution in [2.75, 3.05) is 44.2 Å². The fourth-order valence-electron chi connectivity index (χ4n) is 3.88. The van der Waals surface area contributed by atoms with E-state index in [1.54, 1.807) is 4.90 Å². The number of hydrogen-bond donors (Lipinski definition) is 0. The Morgan fingerprint density at radius 1 is 0.906 bits per heavy atom. The summed E-state index contributed by atoms with van der Waals surface area (Å²) in [5.74, 6) is -1.43. The molecule has 0 atom stereocenters. The number of halogens is 3. The average Bonchev–Trinajstić information content (AvgIpc) is 2.72. The summed E-state index contributed by atoms with van der Waals surface area (Å²) < 4.78 is 68.4. The maximum atomic E-state index is 12.8. The standard InChI is InChI=1S/C21H22F3N3O4S/c22-21(23,24)31-18-8-4-5-9-19(18)32(29,30)27-14-16(15-27)20(28)26-12-10-25(11-13-26)17-6-2-1-3-7-17/h1-9,16H,10-15H2. The van der Waals surface area contributed by atoms with Crippen molar-refractivity contribution < 1.29 is 31.1 Å². The molecule has 2 aromatic rings. The number of ether oxygens (including phenoxy) is 1. The maximum Gasteiger partial charge on any atom is 0.573 e. The molecule has 32 heavy (non-hydrogen) atoms. The number of piperazine rings is 1. The number of amides is 1. The minimum Gasteiger partial charge on any atom is -0.404 e. The first-order valence-corrected chi connectivity index (χ1v) is 11.5. The number of carbonyl (C=O) groups is 1. The van der Waals surface area contributed by atoms with Gasteiger partial charge in [-0.25, -0.2) is 8.42 Å². The molecule has 2 aliphatic rings. The topological polar surface area (TPSA) is 70.2 Å². The zero-order valence-electron chi connectivity index (χ0n) is 17.0. The Balaban J connectivity index is 1.36. The van der Waals surface area contributed by atoms with Crippen molar-refractivity contribution in [1.29, 1.82) is 0 Å². The summed E-state index contributed by atoms with van der Waals surface area (Å²) in [6, 6.07) is 14.5. The quantitative estimate of drug-likeness (QED) is 0.673. The highest BCUT2D eigenvalue weighted by atomic mass is 32.2. The fourth-order valence-corrected chi connectivity index (χ4v) is 5.53. The van der Waals surface area contributed by atoms with E-state index in [-0.39, 0.29) is 19.0 Å².